The van der Waals surface area contributed by atoms with Gasteiger partial charge in [0, 0.05) is 11.0 Å². The number of nitriles is 1. The molecule has 1 aliphatic carbocycles. The molecule has 0 aromatic carbocycles. The summed E-state index contributed by atoms with van der Waals surface area (Å²) in [4.78, 5) is 5.96. The first-order valence-electron chi connectivity index (χ1n) is 6.40. The molecule has 0 saturated heterocycles. The Balaban J connectivity index is 1.95. The van der Waals surface area contributed by atoms with E-state index in [4.69, 9.17) is 4.42 Å². The van der Waals surface area contributed by atoms with Crippen LogP contribution in [0.5, 0.6) is 0 Å². The van der Waals surface area contributed by atoms with Gasteiger partial charge in [0.15, 0.2) is 0 Å². The van der Waals surface area contributed by atoms with Gasteiger partial charge >= 0.3 is 0 Å². The van der Waals surface area contributed by atoms with Crippen molar-refractivity contribution in [1.82, 2.24) is 4.98 Å². The highest BCUT2D eigenvalue weighted by Gasteiger charge is 2.21. The fourth-order valence-electron chi connectivity index (χ4n) is 2.31. The Morgan fingerprint density at radius 2 is 2.53 bits per heavy atom. The highest BCUT2D eigenvalue weighted by molar-refractivity contribution is 7.13. The molecular weight excluding hydrogens is 256 g/mol. The van der Waals surface area contributed by atoms with Crippen LogP contribution < -0.4 is 0 Å². The molecule has 0 bridgehead atoms. The van der Waals surface area contributed by atoms with Crippen molar-refractivity contribution in [2.45, 2.75) is 26.2 Å². The van der Waals surface area contributed by atoms with Crippen molar-refractivity contribution in [2.75, 3.05) is 0 Å². The van der Waals surface area contributed by atoms with Crippen molar-refractivity contribution < 1.29 is 4.42 Å². The minimum Gasteiger partial charge on any atom is -0.465 e. The minimum absolute atomic E-state index is 0.585. The summed E-state index contributed by atoms with van der Waals surface area (Å²) >= 11 is 1.65. The van der Waals surface area contributed by atoms with E-state index in [1.54, 1.807) is 23.7 Å². The molecule has 0 saturated carbocycles. The number of furan rings is 1. The van der Waals surface area contributed by atoms with Crippen molar-refractivity contribution in [2.24, 2.45) is 5.92 Å². The second kappa shape index (κ2) is 5.02. The molecule has 96 valence electrons. The molecule has 3 nitrogen and oxygen atoms in total. The van der Waals surface area contributed by atoms with Gasteiger partial charge in [0.05, 0.1) is 17.5 Å². The predicted molar refractivity (Wildman–Crippen MR) is 75.5 cm³/mol. The van der Waals surface area contributed by atoms with Crippen LogP contribution in [-0.2, 0) is 12.8 Å². The van der Waals surface area contributed by atoms with E-state index in [1.807, 2.05) is 12.1 Å². The fourth-order valence-corrected chi connectivity index (χ4v) is 3.55. The van der Waals surface area contributed by atoms with E-state index in [1.165, 1.54) is 17.0 Å². The summed E-state index contributed by atoms with van der Waals surface area (Å²) in [5, 5.41) is 10.1. The summed E-state index contributed by atoms with van der Waals surface area (Å²) < 4.78 is 5.26. The van der Waals surface area contributed by atoms with Crippen molar-refractivity contribution in [1.29, 1.82) is 5.26 Å². The summed E-state index contributed by atoms with van der Waals surface area (Å²) in [5.41, 5.74) is 1.76. The minimum atomic E-state index is 0.585. The Hall–Kier alpha value is -1.86. The van der Waals surface area contributed by atoms with Gasteiger partial charge < -0.3 is 4.42 Å². The molecule has 0 spiro atoms. The Labute approximate surface area is 116 Å². The first-order valence-corrected chi connectivity index (χ1v) is 7.22. The van der Waals surface area contributed by atoms with Crippen molar-refractivity contribution >= 4 is 23.0 Å². The SMILES string of the molecule is C[C@@H]1CCc2nc(/C(C#N)=C/c3ccco3)sc2C1. The van der Waals surface area contributed by atoms with E-state index >= 15 is 0 Å². The van der Waals surface area contributed by atoms with Gasteiger partial charge in [-0.1, -0.05) is 6.92 Å². The van der Waals surface area contributed by atoms with E-state index < -0.39 is 0 Å². The van der Waals surface area contributed by atoms with E-state index in [-0.39, 0.29) is 0 Å². The molecule has 2 heterocycles. The Kier molecular flexibility index (Phi) is 3.22. The number of allylic oxidation sites excluding steroid dienone is 1. The lowest BCUT2D eigenvalue weighted by atomic mass is 9.93. The maximum atomic E-state index is 9.30. The number of hydrogen-bond acceptors (Lipinski definition) is 4. The second-order valence-electron chi connectivity index (χ2n) is 4.92. The highest BCUT2D eigenvalue weighted by atomic mass is 32.1. The van der Waals surface area contributed by atoms with Crippen molar-refractivity contribution in [3.63, 3.8) is 0 Å². The van der Waals surface area contributed by atoms with Crippen LogP contribution in [0.25, 0.3) is 11.6 Å². The Morgan fingerprint density at radius 1 is 1.63 bits per heavy atom. The normalized spacial score (nSPS) is 18.9. The van der Waals surface area contributed by atoms with E-state index in [0.29, 0.717) is 11.3 Å². The molecule has 0 unspecified atom stereocenters. The van der Waals surface area contributed by atoms with Gasteiger partial charge in [-0.05, 0) is 37.3 Å². The first-order chi connectivity index (χ1) is 9.26. The van der Waals surface area contributed by atoms with Gasteiger partial charge in [0.1, 0.15) is 16.8 Å². The van der Waals surface area contributed by atoms with Crippen molar-refractivity contribution in [3.8, 4) is 6.07 Å². The van der Waals surface area contributed by atoms with Crippen LogP contribution in [0.2, 0.25) is 0 Å². The topological polar surface area (TPSA) is 49.8 Å². The predicted octanol–water partition coefficient (Wildman–Crippen LogP) is 3.93. The molecule has 0 radical (unpaired) electrons. The molecule has 4 heteroatoms. The summed E-state index contributed by atoms with van der Waals surface area (Å²) in [7, 11) is 0. The lowest BCUT2D eigenvalue weighted by molar-refractivity contribution is 0.502. The van der Waals surface area contributed by atoms with Crippen LogP contribution in [0.15, 0.2) is 22.8 Å². The van der Waals surface area contributed by atoms with Crippen LogP contribution in [0.1, 0.15) is 34.7 Å². The van der Waals surface area contributed by atoms with Crippen LogP contribution in [0, 0.1) is 17.2 Å². The molecule has 0 fully saturated rings. The molecule has 0 N–H and O–H groups in total. The van der Waals surface area contributed by atoms with Crippen LogP contribution in [0.3, 0.4) is 0 Å². The van der Waals surface area contributed by atoms with Gasteiger partial charge in [-0.3, -0.25) is 0 Å². The zero-order chi connectivity index (χ0) is 13.2. The van der Waals surface area contributed by atoms with Crippen LogP contribution in [0.4, 0.5) is 0 Å². The monoisotopic (exact) mass is 270 g/mol. The molecule has 1 aliphatic rings. The standard InChI is InChI=1S/C15H14N2OS/c1-10-4-5-13-14(7-10)19-15(17-13)11(9-16)8-12-3-2-6-18-12/h2-3,6,8,10H,4-5,7H2,1H3/b11-8+/t10-/m1/s1. The maximum absolute atomic E-state index is 9.30. The highest BCUT2D eigenvalue weighted by Crippen LogP contribution is 2.32. The van der Waals surface area contributed by atoms with E-state index in [9.17, 15) is 5.26 Å². The summed E-state index contributed by atoms with van der Waals surface area (Å²) in [6, 6.07) is 5.88. The lowest BCUT2D eigenvalue weighted by Gasteiger charge is -2.15. The molecular formula is C15H14N2OS. The number of thiazole rings is 1. The zero-order valence-electron chi connectivity index (χ0n) is 10.7. The van der Waals surface area contributed by atoms with E-state index in [2.05, 4.69) is 18.0 Å². The first kappa shape index (κ1) is 12.2. The average molecular weight is 270 g/mol. The van der Waals surface area contributed by atoms with Gasteiger partial charge in [0.25, 0.3) is 0 Å². The summed E-state index contributed by atoms with van der Waals surface area (Å²) in [6.45, 7) is 2.27. The third-order valence-electron chi connectivity index (χ3n) is 3.37. The number of rotatable bonds is 2. The van der Waals surface area contributed by atoms with Gasteiger partial charge in [0.2, 0.25) is 0 Å². The fraction of sp³-hybridized carbons (Fsp3) is 0.333. The van der Waals surface area contributed by atoms with Gasteiger partial charge in [-0.2, -0.15) is 5.26 Å². The lowest BCUT2D eigenvalue weighted by Crippen LogP contribution is -2.09. The van der Waals surface area contributed by atoms with Crippen LogP contribution >= 0.6 is 11.3 Å². The smallest absolute Gasteiger partial charge is 0.134 e. The molecule has 3 rings (SSSR count). The maximum Gasteiger partial charge on any atom is 0.134 e. The van der Waals surface area contributed by atoms with Crippen molar-refractivity contribution in [3.05, 3.63) is 39.7 Å². The number of hydrogen-bond donors (Lipinski definition) is 0. The number of nitrogens with zero attached hydrogens (tertiary/aromatic N) is 2. The molecule has 0 amide bonds. The van der Waals surface area contributed by atoms with E-state index in [0.717, 1.165) is 23.8 Å². The molecule has 2 aromatic heterocycles. The second-order valence-corrected chi connectivity index (χ2v) is 6.01. The van der Waals surface area contributed by atoms with Crippen LogP contribution in [-0.4, -0.2) is 4.98 Å². The number of fused-ring (bicyclic) bond motifs is 1. The quantitative estimate of drug-likeness (QED) is 0.777. The van der Waals surface area contributed by atoms with Gasteiger partial charge in [-0.15, -0.1) is 11.3 Å². The zero-order valence-corrected chi connectivity index (χ0v) is 11.5. The Bertz CT molecular complexity index is 646. The number of aryl methyl sites for hydroxylation is 1. The third-order valence-corrected chi connectivity index (χ3v) is 4.52. The average Bonchev–Trinajstić information content (AvgIpc) is 3.03. The summed E-state index contributed by atoms with van der Waals surface area (Å²) in [5.74, 6) is 1.42. The number of aromatic nitrogens is 1. The van der Waals surface area contributed by atoms with Gasteiger partial charge in [-0.25, -0.2) is 4.98 Å². The third kappa shape index (κ3) is 2.47. The molecule has 19 heavy (non-hydrogen) atoms. The Morgan fingerprint density at radius 3 is 3.26 bits per heavy atom. The molecule has 1 atom stereocenters. The molecule has 0 aliphatic heterocycles. The summed E-state index contributed by atoms with van der Waals surface area (Å²) in [6.07, 6.45) is 6.68. The largest absolute Gasteiger partial charge is 0.465 e. The molecule has 2 aromatic rings.